The maximum absolute atomic E-state index is 5.90. The molecule has 114 valence electrons. The quantitative estimate of drug-likeness (QED) is 0.600. The van der Waals surface area contributed by atoms with Crippen molar-refractivity contribution in [2.45, 2.75) is 26.2 Å². The molecule has 0 unspecified atom stereocenters. The summed E-state index contributed by atoms with van der Waals surface area (Å²) in [5.74, 6) is 1.37. The lowest BCUT2D eigenvalue weighted by Gasteiger charge is -2.18. The van der Waals surface area contributed by atoms with Crippen molar-refractivity contribution in [3.05, 3.63) is 46.4 Å². The molecule has 0 saturated heterocycles. The van der Waals surface area contributed by atoms with Crippen LogP contribution in [-0.2, 0) is 5.41 Å². The van der Waals surface area contributed by atoms with Gasteiger partial charge in [0.15, 0.2) is 5.58 Å². The number of fused-ring (bicyclic) bond motifs is 1. The fourth-order valence-corrected chi connectivity index (χ4v) is 2.83. The highest BCUT2D eigenvalue weighted by Crippen LogP contribution is 2.33. The monoisotopic (exact) mass is 359 g/mol. The third-order valence-electron chi connectivity index (χ3n) is 3.65. The normalized spacial score (nSPS) is 11.9. The molecule has 0 fully saturated rings. The van der Waals surface area contributed by atoms with Gasteiger partial charge in [0.2, 0.25) is 5.89 Å². The second-order valence-corrected chi connectivity index (χ2v) is 7.16. The molecule has 1 aromatic heterocycles. The van der Waals surface area contributed by atoms with Crippen LogP contribution in [0.4, 0.5) is 0 Å². The zero-order valence-corrected chi connectivity index (χ0v) is 14.7. The topological polar surface area (TPSA) is 35.3 Å². The molecule has 0 spiro atoms. The molecular weight excluding hydrogens is 342 g/mol. The zero-order valence-electron chi connectivity index (χ0n) is 13.1. The Morgan fingerprint density at radius 2 is 1.77 bits per heavy atom. The van der Waals surface area contributed by atoms with Crippen LogP contribution in [0.1, 0.15) is 26.3 Å². The van der Waals surface area contributed by atoms with Gasteiger partial charge < -0.3 is 9.15 Å². The molecule has 0 atom stereocenters. The Hall–Kier alpha value is -1.81. The number of oxazole rings is 1. The molecule has 0 N–H and O–H groups in total. The number of hydrogen-bond donors (Lipinski definition) is 0. The molecule has 0 saturated carbocycles. The number of aromatic nitrogens is 1. The van der Waals surface area contributed by atoms with Crippen LogP contribution in [0.25, 0.3) is 22.6 Å². The molecule has 3 aromatic rings. The van der Waals surface area contributed by atoms with Gasteiger partial charge in [-0.15, -0.1) is 0 Å². The first-order chi connectivity index (χ1) is 10.4. The van der Waals surface area contributed by atoms with Crippen molar-refractivity contribution in [3.63, 3.8) is 0 Å². The van der Waals surface area contributed by atoms with Gasteiger partial charge in [-0.25, -0.2) is 4.98 Å². The summed E-state index contributed by atoms with van der Waals surface area (Å²) in [5, 5.41) is 0. The Morgan fingerprint density at radius 3 is 2.36 bits per heavy atom. The number of hydrogen-bond acceptors (Lipinski definition) is 3. The summed E-state index contributed by atoms with van der Waals surface area (Å²) in [7, 11) is 1.64. The van der Waals surface area contributed by atoms with Crippen molar-refractivity contribution in [2.75, 3.05) is 7.11 Å². The summed E-state index contributed by atoms with van der Waals surface area (Å²) in [6.07, 6.45) is 0. The molecule has 0 aliphatic rings. The van der Waals surface area contributed by atoms with Crippen LogP contribution in [0.3, 0.4) is 0 Å². The molecule has 0 aliphatic carbocycles. The maximum Gasteiger partial charge on any atom is 0.227 e. The molecule has 0 bridgehead atoms. The van der Waals surface area contributed by atoms with Crippen LogP contribution in [0.5, 0.6) is 5.75 Å². The molecule has 22 heavy (non-hydrogen) atoms. The molecule has 3 rings (SSSR count). The van der Waals surface area contributed by atoms with Crippen LogP contribution in [0.2, 0.25) is 0 Å². The van der Waals surface area contributed by atoms with Crippen molar-refractivity contribution in [2.24, 2.45) is 0 Å². The lowest BCUT2D eigenvalue weighted by Crippen LogP contribution is -2.10. The van der Waals surface area contributed by atoms with Crippen LogP contribution >= 0.6 is 15.9 Å². The minimum absolute atomic E-state index is 0.135. The van der Waals surface area contributed by atoms with E-state index < -0.39 is 0 Å². The second-order valence-electron chi connectivity index (χ2n) is 6.30. The summed E-state index contributed by atoms with van der Waals surface area (Å²) in [6.45, 7) is 6.60. The van der Waals surface area contributed by atoms with E-state index in [9.17, 15) is 0 Å². The molecule has 0 aliphatic heterocycles. The van der Waals surface area contributed by atoms with Crippen molar-refractivity contribution < 1.29 is 9.15 Å². The summed E-state index contributed by atoms with van der Waals surface area (Å²) in [5.41, 5.74) is 3.90. The molecule has 3 nitrogen and oxygen atoms in total. The number of nitrogens with zero attached hydrogens (tertiary/aromatic N) is 1. The Kier molecular flexibility index (Phi) is 3.73. The van der Waals surface area contributed by atoms with Gasteiger partial charge in [-0.1, -0.05) is 32.9 Å². The highest BCUT2D eigenvalue weighted by Gasteiger charge is 2.15. The van der Waals surface area contributed by atoms with E-state index in [1.54, 1.807) is 7.11 Å². The summed E-state index contributed by atoms with van der Waals surface area (Å²) >= 11 is 3.50. The standard InChI is InChI=1S/C18H18BrNO2/c1-18(2,3)12-7-5-11(6-8-12)17-20-15-10-13(21-4)9-14(19)16(15)22-17/h5-10H,1-4H3. The van der Waals surface area contributed by atoms with E-state index in [0.29, 0.717) is 5.89 Å². The average Bonchev–Trinajstić information content (AvgIpc) is 2.91. The van der Waals surface area contributed by atoms with E-state index in [2.05, 4.69) is 66.0 Å². The van der Waals surface area contributed by atoms with Gasteiger partial charge in [0.05, 0.1) is 11.6 Å². The van der Waals surface area contributed by atoms with E-state index in [1.807, 2.05) is 12.1 Å². The van der Waals surface area contributed by atoms with Gasteiger partial charge in [0.25, 0.3) is 0 Å². The molecule has 2 aromatic carbocycles. The summed E-state index contributed by atoms with van der Waals surface area (Å²) < 4.78 is 12.0. The van der Waals surface area contributed by atoms with Crippen molar-refractivity contribution in [1.82, 2.24) is 4.98 Å². The minimum atomic E-state index is 0.135. The predicted molar refractivity (Wildman–Crippen MR) is 92.4 cm³/mol. The highest BCUT2D eigenvalue weighted by atomic mass is 79.9. The fraction of sp³-hybridized carbons (Fsp3) is 0.278. The number of methoxy groups -OCH3 is 1. The summed E-state index contributed by atoms with van der Waals surface area (Å²) in [4.78, 5) is 4.57. The predicted octanol–water partition coefficient (Wildman–Crippen LogP) is 5.56. The van der Waals surface area contributed by atoms with Crippen molar-refractivity contribution >= 4 is 27.0 Å². The second kappa shape index (κ2) is 5.43. The molecule has 4 heteroatoms. The number of halogens is 1. The van der Waals surface area contributed by atoms with Crippen LogP contribution in [-0.4, -0.2) is 12.1 Å². The zero-order chi connectivity index (χ0) is 15.9. The number of ether oxygens (including phenoxy) is 1. The molecule has 0 radical (unpaired) electrons. The largest absolute Gasteiger partial charge is 0.497 e. The molecular formula is C18H18BrNO2. The first-order valence-electron chi connectivity index (χ1n) is 7.13. The first-order valence-corrected chi connectivity index (χ1v) is 7.93. The smallest absolute Gasteiger partial charge is 0.227 e. The lowest BCUT2D eigenvalue weighted by molar-refractivity contribution is 0.415. The summed E-state index contributed by atoms with van der Waals surface area (Å²) in [6, 6.07) is 12.1. The Morgan fingerprint density at radius 1 is 1.09 bits per heavy atom. The van der Waals surface area contributed by atoms with Crippen molar-refractivity contribution in [3.8, 4) is 17.2 Å². The van der Waals surface area contributed by atoms with Gasteiger partial charge in [0, 0.05) is 11.6 Å². The third kappa shape index (κ3) is 2.75. The van der Waals surface area contributed by atoms with Gasteiger partial charge >= 0.3 is 0 Å². The molecule has 0 amide bonds. The first kappa shape index (κ1) is 15.1. The SMILES string of the molecule is COc1cc(Br)c2oc(-c3ccc(C(C)(C)C)cc3)nc2c1. The maximum atomic E-state index is 5.90. The highest BCUT2D eigenvalue weighted by molar-refractivity contribution is 9.10. The molecule has 1 heterocycles. The van der Waals surface area contributed by atoms with Crippen LogP contribution in [0, 0.1) is 0 Å². The van der Waals surface area contributed by atoms with Crippen LogP contribution in [0.15, 0.2) is 45.3 Å². The third-order valence-corrected chi connectivity index (χ3v) is 4.24. The van der Waals surface area contributed by atoms with Crippen molar-refractivity contribution in [1.29, 1.82) is 0 Å². The average molecular weight is 360 g/mol. The Labute approximate surface area is 138 Å². The fourth-order valence-electron chi connectivity index (χ4n) is 2.32. The number of rotatable bonds is 2. The number of benzene rings is 2. The van der Waals surface area contributed by atoms with Gasteiger partial charge in [-0.2, -0.15) is 0 Å². The van der Waals surface area contributed by atoms with Gasteiger partial charge in [0.1, 0.15) is 11.3 Å². The van der Waals surface area contributed by atoms with Crippen LogP contribution < -0.4 is 4.74 Å². The van der Waals surface area contributed by atoms with E-state index in [-0.39, 0.29) is 5.41 Å². The van der Waals surface area contributed by atoms with E-state index in [4.69, 9.17) is 9.15 Å². The van der Waals surface area contributed by atoms with Gasteiger partial charge in [-0.3, -0.25) is 0 Å². The minimum Gasteiger partial charge on any atom is -0.497 e. The van der Waals surface area contributed by atoms with E-state index in [0.717, 1.165) is 26.9 Å². The van der Waals surface area contributed by atoms with E-state index in [1.165, 1.54) is 5.56 Å². The Balaban J connectivity index is 2.05. The van der Waals surface area contributed by atoms with E-state index >= 15 is 0 Å². The lowest BCUT2D eigenvalue weighted by atomic mass is 9.87. The Bertz CT molecular complexity index is 813. The van der Waals surface area contributed by atoms with Gasteiger partial charge in [-0.05, 0) is 45.1 Å².